The number of carbonyl (C=O) groups excluding carboxylic acids is 1. The van der Waals surface area contributed by atoms with Gasteiger partial charge in [-0.15, -0.1) is 12.3 Å². The smallest absolute Gasteiger partial charge is 0.364 e. The van der Waals surface area contributed by atoms with Crippen molar-refractivity contribution in [1.82, 2.24) is 5.32 Å². The van der Waals surface area contributed by atoms with E-state index in [1.807, 2.05) is 0 Å². The number of nitrogens with one attached hydrogen (secondary N) is 1. The number of unbranched alkanes of at least 4 members (excludes halogenated alkanes) is 1. The zero-order valence-electron chi connectivity index (χ0n) is 13.4. The predicted molar refractivity (Wildman–Crippen MR) is 81.8 cm³/mol. The molecule has 10 nitrogen and oxygen atoms in total. The maximum Gasteiger partial charge on any atom is 0.364 e. The number of aliphatic hydroxyl groups is 5. The van der Waals surface area contributed by atoms with Crippen molar-refractivity contribution in [2.45, 2.75) is 61.9 Å². The zero-order valence-corrected chi connectivity index (χ0v) is 13.4. The molecule has 6 atom stereocenters. The van der Waals surface area contributed by atoms with Gasteiger partial charge in [0.25, 0.3) is 5.79 Å². The van der Waals surface area contributed by atoms with Gasteiger partial charge in [0.1, 0.15) is 18.3 Å². The van der Waals surface area contributed by atoms with Gasteiger partial charge in [-0.2, -0.15) is 0 Å². The SMILES string of the molecule is C#CCCCC(=O)N[C@H]1[C@H]([C@H](O)[C@H](O)CO)O[C@](O)(C(=O)O)C[C@@H]1O. The second-order valence-corrected chi connectivity index (χ2v) is 5.83. The van der Waals surface area contributed by atoms with Crippen molar-refractivity contribution in [1.29, 1.82) is 0 Å². The Morgan fingerprint density at radius 2 is 2.04 bits per heavy atom. The summed E-state index contributed by atoms with van der Waals surface area (Å²) in [5.41, 5.74) is 0. The van der Waals surface area contributed by atoms with Crippen molar-refractivity contribution < 1.29 is 45.0 Å². The molecule has 0 aliphatic carbocycles. The molecule has 0 aromatic rings. The molecule has 0 spiro atoms. The summed E-state index contributed by atoms with van der Waals surface area (Å²) in [6.07, 6.45) is -1.83. The van der Waals surface area contributed by atoms with E-state index in [1.54, 1.807) is 0 Å². The lowest BCUT2D eigenvalue weighted by molar-refractivity contribution is -0.295. The molecule has 0 radical (unpaired) electrons. The van der Waals surface area contributed by atoms with Gasteiger partial charge in [0.05, 0.1) is 18.8 Å². The minimum absolute atomic E-state index is 0.0159. The third-order valence-electron chi connectivity index (χ3n) is 3.89. The van der Waals surface area contributed by atoms with Crippen molar-refractivity contribution in [3.8, 4) is 12.3 Å². The molecule has 1 amide bonds. The number of carbonyl (C=O) groups is 2. The molecule has 0 bridgehead atoms. The van der Waals surface area contributed by atoms with Gasteiger partial charge in [0, 0.05) is 19.3 Å². The molecule has 10 heteroatoms. The third kappa shape index (κ3) is 5.37. The summed E-state index contributed by atoms with van der Waals surface area (Å²) in [5.74, 6) is -2.81. The monoisotopic (exact) mass is 361 g/mol. The van der Waals surface area contributed by atoms with E-state index in [0.717, 1.165) is 0 Å². The van der Waals surface area contributed by atoms with Crippen LogP contribution in [0.3, 0.4) is 0 Å². The number of rotatable bonds is 8. The molecule has 1 aliphatic rings. The number of ether oxygens (including phenoxy) is 1. The predicted octanol–water partition coefficient (Wildman–Crippen LogP) is -3.09. The van der Waals surface area contributed by atoms with Crippen LogP contribution >= 0.6 is 0 Å². The van der Waals surface area contributed by atoms with Crippen LogP contribution in [0.4, 0.5) is 0 Å². The second kappa shape index (κ2) is 9.10. The van der Waals surface area contributed by atoms with Crippen LogP contribution < -0.4 is 5.32 Å². The van der Waals surface area contributed by atoms with Gasteiger partial charge in [-0.1, -0.05) is 0 Å². The van der Waals surface area contributed by atoms with E-state index in [1.165, 1.54) is 0 Å². The molecule has 0 aromatic heterocycles. The lowest BCUT2D eigenvalue weighted by atomic mass is 9.88. The highest BCUT2D eigenvalue weighted by atomic mass is 16.7. The molecule has 25 heavy (non-hydrogen) atoms. The number of aliphatic carboxylic acids is 1. The van der Waals surface area contributed by atoms with E-state index in [4.69, 9.17) is 21.4 Å². The van der Waals surface area contributed by atoms with Crippen LogP contribution in [-0.2, 0) is 14.3 Å². The summed E-state index contributed by atoms with van der Waals surface area (Å²) >= 11 is 0. The highest BCUT2D eigenvalue weighted by molar-refractivity contribution is 5.77. The van der Waals surface area contributed by atoms with E-state index >= 15 is 0 Å². The zero-order chi connectivity index (χ0) is 19.2. The van der Waals surface area contributed by atoms with Gasteiger partial charge >= 0.3 is 5.97 Å². The van der Waals surface area contributed by atoms with Gasteiger partial charge in [0.15, 0.2) is 0 Å². The van der Waals surface area contributed by atoms with Gasteiger partial charge in [0.2, 0.25) is 5.91 Å². The van der Waals surface area contributed by atoms with Crippen LogP contribution in [-0.4, -0.2) is 85.4 Å². The van der Waals surface area contributed by atoms with E-state index in [-0.39, 0.29) is 6.42 Å². The van der Waals surface area contributed by atoms with Gasteiger partial charge in [-0.3, -0.25) is 4.79 Å². The topological polar surface area (TPSA) is 177 Å². The summed E-state index contributed by atoms with van der Waals surface area (Å²) in [6, 6.07) is -1.31. The first-order valence-electron chi connectivity index (χ1n) is 7.67. The summed E-state index contributed by atoms with van der Waals surface area (Å²) in [6.45, 7) is -0.883. The van der Waals surface area contributed by atoms with Crippen molar-refractivity contribution >= 4 is 11.9 Å². The first kappa shape index (κ1) is 21.3. The fraction of sp³-hybridized carbons (Fsp3) is 0.733. The van der Waals surface area contributed by atoms with E-state index in [2.05, 4.69) is 11.2 Å². The van der Waals surface area contributed by atoms with Crippen LogP contribution in [0, 0.1) is 12.3 Å². The maximum atomic E-state index is 11.9. The number of hydrogen-bond acceptors (Lipinski definition) is 8. The molecule has 1 rings (SSSR count). The van der Waals surface area contributed by atoms with Gasteiger partial charge < -0.3 is 40.7 Å². The fourth-order valence-corrected chi connectivity index (χ4v) is 2.51. The van der Waals surface area contributed by atoms with Gasteiger partial charge in [-0.05, 0) is 6.42 Å². The van der Waals surface area contributed by atoms with Crippen LogP contribution in [0.1, 0.15) is 25.7 Å². The first-order chi connectivity index (χ1) is 11.7. The summed E-state index contributed by atoms with van der Waals surface area (Å²) in [7, 11) is 0. The minimum Gasteiger partial charge on any atom is -0.477 e. The van der Waals surface area contributed by atoms with Crippen LogP contribution in [0.15, 0.2) is 0 Å². The summed E-state index contributed by atoms with van der Waals surface area (Å²) in [5, 5.41) is 60.1. The fourth-order valence-electron chi connectivity index (χ4n) is 2.51. The quantitative estimate of drug-likeness (QED) is 0.174. The molecule has 0 unspecified atom stereocenters. The van der Waals surface area contributed by atoms with Crippen molar-refractivity contribution in [3.63, 3.8) is 0 Å². The molecule has 7 N–H and O–H groups in total. The average Bonchev–Trinajstić information content (AvgIpc) is 2.55. The van der Waals surface area contributed by atoms with Crippen LogP contribution in [0.2, 0.25) is 0 Å². The highest BCUT2D eigenvalue weighted by Gasteiger charge is 2.53. The van der Waals surface area contributed by atoms with Crippen LogP contribution in [0.25, 0.3) is 0 Å². The maximum absolute atomic E-state index is 11.9. The van der Waals surface area contributed by atoms with Crippen LogP contribution in [0.5, 0.6) is 0 Å². The standard InChI is InChI=1S/C15H23NO9/c1-2-3-4-5-10(20)16-11-8(18)6-15(24,14(22)23)25-13(11)12(21)9(19)7-17/h1,8-9,11-13,17-19,21,24H,3-7H2,(H,16,20)(H,22,23)/t8-,9+,11+,12+,13+,15-/m0/s1. The Morgan fingerprint density at radius 1 is 1.40 bits per heavy atom. The Kier molecular flexibility index (Phi) is 7.75. The minimum atomic E-state index is -2.81. The molecule has 1 aliphatic heterocycles. The second-order valence-electron chi connectivity index (χ2n) is 5.83. The van der Waals surface area contributed by atoms with Crippen molar-refractivity contribution in [2.24, 2.45) is 0 Å². The number of amides is 1. The number of terminal acetylenes is 1. The number of carboxylic acid groups (broad SMARTS) is 1. The lowest BCUT2D eigenvalue weighted by Crippen LogP contribution is -2.67. The number of hydrogen-bond donors (Lipinski definition) is 7. The van der Waals surface area contributed by atoms with E-state index in [0.29, 0.717) is 12.8 Å². The Labute approximate surface area is 144 Å². The lowest BCUT2D eigenvalue weighted by Gasteiger charge is -2.44. The number of carboxylic acids is 1. The van der Waals surface area contributed by atoms with Crippen molar-refractivity contribution in [2.75, 3.05) is 6.61 Å². The molecule has 1 saturated heterocycles. The Balaban J connectivity index is 2.96. The summed E-state index contributed by atoms with van der Waals surface area (Å²) < 4.78 is 4.96. The molecule has 1 heterocycles. The van der Waals surface area contributed by atoms with E-state index in [9.17, 15) is 30.0 Å². The van der Waals surface area contributed by atoms with Gasteiger partial charge in [-0.25, -0.2) is 4.79 Å². The molecular formula is C15H23NO9. The van der Waals surface area contributed by atoms with E-state index < -0.39 is 61.1 Å². The number of aliphatic hydroxyl groups excluding tert-OH is 4. The Morgan fingerprint density at radius 3 is 2.56 bits per heavy atom. The first-order valence-corrected chi connectivity index (χ1v) is 7.67. The molecule has 1 fully saturated rings. The molecule has 0 aromatic carbocycles. The Hall–Kier alpha value is -1.74. The normalized spacial score (nSPS) is 31.6. The average molecular weight is 361 g/mol. The Bertz CT molecular complexity index is 520. The largest absolute Gasteiger partial charge is 0.477 e. The summed E-state index contributed by atoms with van der Waals surface area (Å²) in [4.78, 5) is 23.1. The molecular weight excluding hydrogens is 338 g/mol. The molecule has 0 saturated carbocycles. The third-order valence-corrected chi connectivity index (χ3v) is 3.89. The molecule has 142 valence electrons. The highest BCUT2D eigenvalue weighted by Crippen LogP contribution is 2.30. The van der Waals surface area contributed by atoms with Crippen molar-refractivity contribution in [3.05, 3.63) is 0 Å².